The molecular weight excluding hydrogens is 185 g/mol. The quantitative estimate of drug-likeness (QED) is 0.299. The third-order valence-electron chi connectivity index (χ3n) is 1.98. The number of hydrogen-bond acceptors (Lipinski definition) is 2. The van der Waals surface area contributed by atoms with Crippen molar-refractivity contribution in [1.29, 1.82) is 0 Å². The van der Waals surface area contributed by atoms with E-state index in [1.54, 1.807) is 21.0 Å². The van der Waals surface area contributed by atoms with Crippen LogP contribution in [-0.2, 0) is 9.59 Å². The van der Waals surface area contributed by atoms with E-state index in [9.17, 15) is 9.59 Å². The maximum absolute atomic E-state index is 11.2. The van der Waals surface area contributed by atoms with Crippen LogP contribution in [0.3, 0.4) is 0 Å². The van der Waals surface area contributed by atoms with Crippen LogP contribution in [-0.4, -0.2) is 48.5 Å². The van der Waals surface area contributed by atoms with Crippen molar-refractivity contribution >= 4 is 11.8 Å². The maximum atomic E-state index is 11.2. The second kappa shape index (κ2) is 4.91. The van der Waals surface area contributed by atoms with Gasteiger partial charge in [-0.3, -0.25) is 4.79 Å². The van der Waals surface area contributed by atoms with Crippen LogP contribution in [0.25, 0.3) is 0 Å². The molecule has 0 amide bonds. The molecule has 0 unspecified atom stereocenters. The van der Waals surface area contributed by atoms with E-state index in [1.165, 1.54) is 0 Å². The predicted octanol–water partition coefficient (Wildman–Crippen LogP) is 0.683. The van der Waals surface area contributed by atoms with Crippen LogP contribution < -0.4 is 0 Å². The molecule has 0 aromatic rings. The summed E-state index contributed by atoms with van der Waals surface area (Å²) in [6, 6.07) is 0. The Morgan fingerprint density at radius 3 is 2.21 bits per heavy atom. The molecule has 0 saturated heterocycles. The first-order chi connectivity index (χ1) is 6.24. The third-order valence-corrected chi connectivity index (χ3v) is 1.98. The number of carbonyl (C=O) groups is 2. The summed E-state index contributed by atoms with van der Waals surface area (Å²) in [4.78, 5) is 21.7. The Kier molecular flexibility index (Phi) is 4.50. The Labute approximate surface area is 84.4 Å². The van der Waals surface area contributed by atoms with Gasteiger partial charge in [0.15, 0.2) is 12.3 Å². The average molecular weight is 203 g/mol. The number of carboxylic acids is 1. The minimum Gasteiger partial charge on any atom is -0.477 e. The van der Waals surface area contributed by atoms with Gasteiger partial charge in [0.2, 0.25) is 0 Å². The van der Waals surface area contributed by atoms with Gasteiger partial charge in [0.25, 0.3) is 0 Å². The lowest BCUT2D eigenvalue weighted by Crippen LogP contribution is -2.45. The van der Waals surface area contributed by atoms with Crippen molar-refractivity contribution in [3.63, 3.8) is 0 Å². The lowest BCUT2D eigenvalue weighted by atomic mass is 10.2. The van der Waals surface area contributed by atoms with Crippen molar-refractivity contribution in [2.75, 3.05) is 27.2 Å². The molecule has 0 aromatic carbocycles. The number of hydrogen-bond donors (Lipinski definition) is 1. The molecule has 0 rings (SSSR count). The molecule has 14 heavy (non-hydrogen) atoms. The second-order valence-electron chi connectivity index (χ2n) is 4.16. The van der Waals surface area contributed by atoms with Crippen molar-refractivity contribution in [3.05, 3.63) is 12.2 Å². The summed E-state index contributed by atoms with van der Waals surface area (Å²) in [7, 11) is 3.58. The highest BCUT2D eigenvalue weighted by atomic mass is 16.4. The summed E-state index contributed by atoms with van der Waals surface area (Å²) in [6.07, 6.45) is 0.357. The van der Waals surface area contributed by atoms with Gasteiger partial charge < -0.3 is 9.59 Å². The number of carboxylic acid groups (broad SMARTS) is 1. The lowest BCUT2D eigenvalue weighted by Gasteiger charge is -2.27. The molecule has 0 spiro atoms. The van der Waals surface area contributed by atoms with Gasteiger partial charge in [0, 0.05) is 0 Å². The van der Waals surface area contributed by atoms with E-state index in [4.69, 9.17) is 5.11 Å². The minimum absolute atomic E-state index is 0.00147. The van der Waals surface area contributed by atoms with Crippen LogP contribution in [0.4, 0.5) is 0 Å². The van der Waals surface area contributed by atoms with Crippen LogP contribution in [0.1, 0.15) is 13.3 Å². The van der Waals surface area contributed by atoms with E-state index in [0.717, 1.165) is 0 Å². The molecule has 1 N–H and O–H groups in total. The number of rotatable bonds is 6. The highest BCUT2D eigenvalue weighted by Gasteiger charge is 2.20. The number of nitrogens with zero attached hydrogens (tertiary/aromatic N) is 1. The molecule has 0 aliphatic rings. The molecule has 4 heteroatoms. The molecule has 4 nitrogen and oxygen atoms in total. The largest absolute Gasteiger partial charge is 0.477 e. The Morgan fingerprint density at radius 2 is 1.86 bits per heavy atom. The fourth-order valence-corrected chi connectivity index (χ4v) is 1.06. The molecule has 0 radical (unpaired) electrons. The smallest absolute Gasteiger partial charge is 0.359 e. The second-order valence-corrected chi connectivity index (χ2v) is 4.16. The number of aliphatic carboxylic acids is 1. The molecule has 0 fully saturated rings. The SMILES string of the molecule is C=C(C)C(=O)CC[15N+]([13CH3])([13CH3])CC(=O)O. The zero-order valence-electron chi connectivity index (χ0n) is 9.04. The number of likely N-dealkylation sites (N-methyl/N-ethyl adjacent to an activating group) is 1. The van der Waals surface area contributed by atoms with Crippen LogP contribution in [0.5, 0.6) is 0 Å². The molecule has 0 saturated carbocycles. The van der Waals surface area contributed by atoms with Crippen LogP contribution in [0.15, 0.2) is 12.2 Å². The van der Waals surface area contributed by atoms with E-state index < -0.39 is 5.97 Å². The topological polar surface area (TPSA) is 54.4 Å². The highest BCUT2D eigenvalue weighted by molar-refractivity contribution is 5.94. The van der Waals surface area contributed by atoms with E-state index >= 15 is 0 Å². The van der Waals surface area contributed by atoms with Crippen LogP contribution >= 0.6 is 0 Å². The van der Waals surface area contributed by atoms with E-state index in [1.807, 2.05) is 0 Å². The summed E-state index contributed by atoms with van der Waals surface area (Å²) < 4.78 is 0.314. The molecule has 0 aliphatic heterocycles. The Bertz CT molecular complexity index is 256. The molecule has 0 aromatic heterocycles. The van der Waals surface area contributed by atoms with E-state index in [-0.39, 0.29) is 12.3 Å². The zero-order chi connectivity index (χ0) is 11.4. The Hall–Kier alpha value is -1.16. The van der Waals surface area contributed by atoms with Crippen molar-refractivity contribution in [2.24, 2.45) is 0 Å². The first-order valence-corrected chi connectivity index (χ1v) is 4.47. The van der Waals surface area contributed by atoms with Gasteiger partial charge in [-0.25, -0.2) is 4.79 Å². The van der Waals surface area contributed by atoms with Gasteiger partial charge in [0.1, 0.15) is 0 Å². The van der Waals surface area contributed by atoms with Gasteiger partial charge >= 0.3 is 5.97 Å². The van der Waals surface area contributed by atoms with Crippen molar-refractivity contribution in [3.8, 4) is 0 Å². The molecule has 0 bridgehead atoms. The maximum Gasteiger partial charge on any atom is 0.359 e. The normalized spacial score (nSPS) is 11.1. The Balaban J connectivity index is 4.05. The van der Waals surface area contributed by atoms with Crippen molar-refractivity contribution < 1.29 is 19.2 Å². The van der Waals surface area contributed by atoms with E-state index in [0.29, 0.717) is 23.0 Å². The van der Waals surface area contributed by atoms with Crippen LogP contribution in [0.2, 0.25) is 0 Å². The standard InChI is InChI=1S/C10H17NO3/c1-8(2)9(12)5-6-11(3,4)7-10(13)14/h1,5-7H2,2-4H3/p+1/i3+1,4+1,11+1. The minimum atomic E-state index is -0.849. The molecular formula is C10H18NO3+. The van der Waals surface area contributed by atoms with Gasteiger partial charge in [0.05, 0.1) is 27.1 Å². The summed E-state index contributed by atoms with van der Waals surface area (Å²) in [6.45, 7) is 5.77. The first kappa shape index (κ1) is 12.8. The number of carbonyl (C=O) groups excluding carboxylic acids is 1. The van der Waals surface area contributed by atoms with E-state index in [2.05, 4.69) is 6.58 Å². The summed E-state index contributed by atoms with van der Waals surface area (Å²) in [5.74, 6) is -0.848. The summed E-state index contributed by atoms with van der Waals surface area (Å²) >= 11 is 0. The number of Topliss-reactive ketones (excluding diaryl/α,β-unsaturated/α-hetero) is 1. The molecule has 80 valence electrons. The monoisotopic (exact) mass is 203 g/mol. The number of ketones is 1. The zero-order valence-corrected chi connectivity index (χ0v) is 9.04. The Morgan fingerprint density at radius 1 is 1.36 bits per heavy atom. The van der Waals surface area contributed by atoms with Gasteiger partial charge in [-0.1, -0.05) is 6.58 Å². The fraction of sp³-hybridized carbons (Fsp3) is 0.600. The molecule has 0 heterocycles. The van der Waals surface area contributed by atoms with Gasteiger partial charge in [-0.15, -0.1) is 0 Å². The molecule has 0 aliphatic carbocycles. The molecule has 0 atom stereocenters. The number of allylic oxidation sites excluding steroid dienone is 1. The first-order valence-electron chi connectivity index (χ1n) is 4.47. The highest BCUT2D eigenvalue weighted by Crippen LogP contribution is 2.02. The summed E-state index contributed by atoms with van der Waals surface area (Å²) in [5, 5.41) is 8.61. The number of quaternary nitrogens is 1. The lowest BCUT2D eigenvalue weighted by molar-refractivity contribution is -0.882. The fourth-order valence-electron chi connectivity index (χ4n) is 1.06. The third kappa shape index (κ3) is 5.48. The van der Waals surface area contributed by atoms with Gasteiger partial charge in [-0.05, 0) is 12.5 Å². The van der Waals surface area contributed by atoms with Crippen LogP contribution in [0, 0.1) is 0 Å². The van der Waals surface area contributed by atoms with Gasteiger partial charge in [-0.2, -0.15) is 0 Å². The summed E-state index contributed by atoms with van der Waals surface area (Å²) in [5.41, 5.74) is 0.528. The average Bonchev–Trinajstić information content (AvgIpc) is 1.97. The van der Waals surface area contributed by atoms with Crippen molar-refractivity contribution in [1.82, 2.24) is 0 Å². The predicted molar refractivity (Wildman–Crippen MR) is 53.9 cm³/mol. The van der Waals surface area contributed by atoms with Crippen molar-refractivity contribution in [2.45, 2.75) is 13.3 Å².